The average Bonchev–Trinajstić information content (AvgIpc) is 2.44. The zero-order chi connectivity index (χ0) is 9.26. The van der Waals surface area contributed by atoms with Crippen molar-refractivity contribution in [3.63, 3.8) is 0 Å². The van der Waals surface area contributed by atoms with Gasteiger partial charge >= 0.3 is 0 Å². The second-order valence-corrected chi connectivity index (χ2v) is 5.15. The molecule has 2 aromatic rings. The number of hydrogen-bond donors (Lipinski definition) is 2. The van der Waals surface area contributed by atoms with Crippen molar-refractivity contribution in [1.82, 2.24) is 9.97 Å². The zero-order valence-corrected chi connectivity index (χ0v) is 9.05. The van der Waals surface area contributed by atoms with Gasteiger partial charge in [-0.3, -0.25) is 0 Å². The molecule has 0 aliphatic carbocycles. The molecular formula is C8H6N2S3. The van der Waals surface area contributed by atoms with Crippen LogP contribution in [0.15, 0.2) is 29.4 Å². The molecular weight excluding hydrogens is 220 g/mol. The second-order valence-electron chi connectivity index (χ2n) is 2.43. The molecule has 0 saturated carbocycles. The van der Waals surface area contributed by atoms with Crippen molar-refractivity contribution in [3.05, 3.63) is 24.3 Å². The number of para-hydroxylation sites is 2. The summed E-state index contributed by atoms with van der Waals surface area (Å²) < 4.78 is 0.569. The summed E-state index contributed by atoms with van der Waals surface area (Å²) in [5.74, 6) is 0. The monoisotopic (exact) mass is 226 g/mol. The summed E-state index contributed by atoms with van der Waals surface area (Å²) in [6.45, 7) is 0. The number of nitrogens with zero attached hydrogens (tertiary/aromatic N) is 1. The maximum absolute atomic E-state index is 4.85. The van der Waals surface area contributed by atoms with Gasteiger partial charge in [0.1, 0.15) is 3.53 Å². The van der Waals surface area contributed by atoms with E-state index in [4.69, 9.17) is 12.2 Å². The molecule has 0 spiro atoms. The molecule has 0 unspecified atom stereocenters. The predicted octanol–water partition coefficient (Wildman–Crippen LogP) is 2.87. The number of thiocarbonyl (C=S) groups is 1. The SMILES string of the molecule is S=C(S)Sc1nc2ccccc2[nH]1. The summed E-state index contributed by atoms with van der Waals surface area (Å²) in [5.41, 5.74) is 1.98. The van der Waals surface area contributed by atoms with E-state index in [0.717, 1.165) is 16.2 Å². The lowest BCUT2D eigenvalue weighted by molar-refractivity contribution is 1.09. The average molecular weight is 226 g/mol. The van der Waals surface area contributed by atoms with Crippen LogP contribution in [-0.2, 0) is 0 Å². The van der Waals surface area contributed by atoms with Crippen molar-refractivity contribution in [2.75, 3.05) is 0 Å². The summed E-state index contributed by atoms with van der Waals surface area (Å²) in [6, 6.07) is 7.86. The minimum absolute atomic E-state index is 0.569. The quantitative estimate of drug-likeness (QED) is 0.445. The Morgan fingerprint density at radius 1 is 1.46 bits per heavy atom. The molecule has 5 heteroatoms. The summed E-state index contributed by atoms with van der Waals surface area (Å²) in [6.07, 6.45) is 0. The first kappa shape index (κ1) is 9.05. The number of aromatic amines is 1. The van der Waals surface area contributed by atoms with Gasteiger partial charge in [0.2, 0.25) is 0 Å². The van der Waals surface area contributed by atoms with Crippen LogP contribution in [0.5, 0.6) is 0 Å². The van der Waals surface area contributed by atoms with Gasteiger partial charge in [-0.05, 0) is 23.9 Å². The lowest BCUT2D eigenvalue weighted by Crippen LogP contribution is -1.76. The van der Waals surface area contributed by atoms with Crippen molar-refractivity contribution in [3.8, 4) is 0 Å². The first-order valence-corrected chi connectivity index (χ1v) is 5.28. The van der Waals surface area contributed by atoms with E-state index in [1.807, 2.05) is 24.3 Å². The maximum Gasteiger partial charge on any atom is 0.172 e. The summed E-state index contributed by atoms with van der Waals surface area (Å²) in [4.78, 5) is 7.47. The van der Waals surface area contributed by atoms with E-state index in [1.54, 1.807) is 0 Å². The van der Waals surface area contributed by atoms with Crippen LogP contribution < -0.4 is 0 Å². The fourth-order valence-corrected chi connectivity index (χ4v) is 2.03. The summed E-state index contributed by atoms with van der Waals surface area (Å²) >= 11 is 10.2. The van der Waals surface area contributed by atoms with Gasteiger partial charge in [-0.15, -0.1) is 12.6 Å². The molecule has 66 valence electrons. The van der Waals surface area contributed by atoms with E-state index < -0.39 is 0 Å². The van der Waals surface area contributed by atoms with Crippen molar-refractivity contribution < 1.29 is 0 Å². The number of nitrogens with one attached hydrogen (secondary N) is 1. The topological polar surface area (TPSA) is 28.7 Å². The highest BCUT2D eigenvalue weighted by Gasteiger charge is 2.02. The van der Waals surface area contributed by atoms with Crippen LogP contribution in [0.2, 0.25) is 0 Å². The fraction of sp³-hybridized carbons (Fsp3) is 0. The van der Waals surface area contributed by atoms with Crippen molar-refractivity contribution in [2.24, 2.45) is 0 Å². The Kier molecular flexibility index (Phi) is 2.57. The Bertz CT molecular complexity index is 416. The number of H-pyrrole nitrogens is 1. The minimum atomic E-state index is 0.569. The van der Waals surface area contributed by atoms with Gasteiger partial charge in [0.05, 0.1) is 11.0 Å². The highest BCUT2D eigenvalue weighted by Crippen LogP contribution is 2.21. The third-order valence-corrected chi connectivity index (χ3v) is 2.64. The number of imidazole rings is 1. The normalized spacial score (nSPS) is 10.5. The highest BCUT2D eigenvalue weighted by atomic mass is 32.2. The molecule has 1 aromatic heterocycles. The van der Waals surface area contributed by atoms with Gasteiger partial charge in [0.25, 0.3) is 0 Å². The number of hydrogen-bond acceptors (Lipinski definition) is 3. The Balaban J connectivity index is 2.44. The van der Waals surface area contributed by atoms with Gasteiger partial charge < -0.3 is 4.98 Å². The fourth-order valence-electron chi connectivity index (χ4n) is 1.06. The number of rotatable bonds is 1. The van der Waals surface area contributed by atoms with Gasteiger partial charge in [-0.25, -0.2) is 4.98 Å². The molecule has 2 nitrogen and oxygen atoms in total. The predicted molar refractivity (Wildman–Crippen MR) is 63.5 cm³/mol. The Labute approximate surface area is 90.5 Å². The first-order chi connectivity index (χ1) is 6.25. The number of benzene rings is 1. The van der Waals surface area contributed by atoms with Crippen LogP contribution in [0.1, 0.15) is 0 Å². The maximum atomic E-state index is 4.85. The van der Waals surface area contributed by atoms with Gasteiger partial charge in [-0.2, -0.15) is 0 Å². The minimum Gasteiger partial charge on any atom is -0.333 e. The lowest BCUT2D eigenvalue weighted by atomic mass is 10.3. The van der Waals surface area contributed by atoms with Crippen LogP contribution in [0.4, 0.5) is 0 Å². The Morgan fingerprint density at radius 2 is 2.23 bits per heavy atom. The molecule has 1 aromatic carbocycles. The largest absolute Gasteiger partial charge is 0.333 e. The van der Waals surface area contributed by atoms with E-state index >= 15 is 0 Å². The molecule has 0 aliphatic rings. The first-order valence-electron chi connectivity index (χ1n) is 3.61. The molecule has 0 radical (unpaired) electrons. The molecule has 2 rings (SSSR count). The smallest absolute Gasteiger partial charge is 0.172 e. The van der Waals surface area contributed by atoms with Crippen molar-refractivity contribution in [1.29, 1.82) is 0 Å². The number of fused-ring (bicyclic) bond motifs is 1. The summed E-state index contributed by atoms with van der Waals surface area (Å²) in [7, 11) is 0. The highest BCUT2D eigenvalue weighted by molar-refractivity contribution is 8.41. The van der Waals surface area contributed by atoms with E-state index in [2.05, 4.69) is 22.6 Å². The molecule has 0 atom stereocenters. The van der Waals surface area contributed by atoms with E-state index in [1.165, 1.54) is 11.8 Å². The van der Waals surface area contributed by atoms with Crippen LogP contribution in [0.3, 0.4) is 0 Å². The van der Waals surface area contributed by atoms with E-state index in [0.29, 0.717) is 3.53 Å². The molecule has 0 bridgehead atoms. The molecule has 1 N–H and O–H groups in total. The Morgan fingerprint density at radius 3 is 2.92 bits per heavy atom. The third-order valence-electron chi connectivity index (χ3n) is 1.55. The van der Waals surface area contributed by atoms with Crippen LogP contribution in [0, 0.1) is 0 Å². The van der Waals surface area contributed by atoms with Gasteiger partial charge in [0, 0.05) is 0 Å². The number of thioether (sulfide) groups is 1. The molecule has 0 saturated heterocycles. The van der Waals surface area contributed by atoms with Gasteiger partial charge in [-0.1, -0.05) is 24.4 Å². The van der Waals surface area contributed by atoms with Gasteiger partial charge in [0.15, 0.2) is 5.16 Å². The molecule has 0 amide bonds. The van der Waals surface area contributed by atoms with E-state index in [9.17, 15) is 0 Å². The standard InChI is InChI=1S/C8H6N2S3/c11-8(12)13-7-9-5-3-1-2-4-6(5)10-7/h1-4H,(H,9,10)(H,11,12). The Hall–Kier alpha value is -0.520. The third kappa shape index (κ3) is 2.04. The number of aromatic nitrogens is 2. The van der Waals surface area contributed by atoms with Crippen LogP contribution in [0.25, 0.3) is 11.0 Å². The summed E-state index contributed by atoms with van der Waals surface area (Å²) in [5, 5.41) is 0.793. The lowest BCUT2D eigenvalue weighted by Gasteiger charge is -1.88. The van der Waals surface area contributed by atoms with Crippen molar-refractivity contribution in [2.45, 2.75) is 5.16 Å². The second kappa shape index (κ2) is 3.69. The van der Waals surface area contributed by atoms with Crippen LogP contribution >= 0.6 is 36.6 Å². The van der Waals surface area contributed by atoms with Crippen LogP contribution in [-0.4, -0.2) is 13.5 Å². The van der Waals surface area contributed by atoms with Crippen molar-refractivity contribution >= 4 is 51.2 Å². The number of thiol groups is 1. The molecule has 13 heavy (non-hydrogen) atoms. The molecule has 0 fully saturated rings. The molecule has 1 heterocycles. The van der Waals surface area contributed by atoms with E-state index in [-0.39, 0.29) is 0 Å². The zero-order valence-electron chi connectivity index (χ0n) is 6.52. The molecule has 0 aliphatic heterocycles.